The fraction of sp³-hybridized carbons (Fsp3) is 0.538. The van der Waals surface area contributed by atoms with Crippen molar-refractivity contribution in [2.75, 3.05) is 11.4 Å². The number of carbonyl (C=O) groups is 1. The van der Waals surface area contributed by atoms with Gasteiger partial charge in [-0.1, -0.05) is 6.92 Å². The van der Waals surface area contributed by atoms with Crippen LogP contribution in [0.2, 0.25) is 0 Å². The van der Waals surface area contributed by atoms with Gasteiger partial charge in [-0.05, 0) is 37.8 Å². The SMILES string of the molecule is CCC1CCCCN1c1ccc(C(=O)O)cn1. The molecule has 17 heavy (non-hydrogen) atoms. The summed E-state index contributed by atoms with van der Waals surface area (Å²) >= 11 is 0. The van der Waals surface area contributed by atoms with Crippen molar-refractivity contribution in [2.24, 2.45) is 0 Å². The molecule has 1 aliphatic heterocycles. The van der Waals surface area contributed by atoms with Gasteiger partial charge in [0.15, 0.2) is 0 Å². The molecule has 1 N–H and O–H groups in total. The summed E-state index contributed by atoms with van der Waals surface area (Å²) in [6.07, 6.45) is 6.24. The van der Waals surface area contributed by atoms with Gasteiger partial charge in [0.1, 0.15) is 5.82 Å². The molecule has 92 valence electrons. The van der Waals surface area contributed by atoms with Crippen LogP contribution in [0.25, 0.3) is 0 Å². The van der Waals surface area contributed by atoms with Crippen molar-refractivity contribution in [1.82, 2.24) is 4.98 Å². The van der Waals surface area contributed by atoms with E-state index in [0.717, 1.165) is 18.8 Å². The number of pyridine rings is 1. The number of aromatic carboxylic acids is 1. The Labute approximate surface area is 101 Å². The molecule has 2 rings (SSSR count). The third-order valence-corrected chi connectivity index (χ3v) is 3.39. The van der Waals surface area contributed by atoms with Crippen molar-refractivity contribution in [3.05, 3.63) is 23.9 Å². The summed E-state index contributed by atoms with van der Waals surface area (Å²) in [5.74, 6) is -0.0173. The third-order valence-electron chi connectivity index (χ3n) is 3.39. The second kappa shape index (κ2) is 5.17. The molecule has 1 aromatic heterocycles. The molecule has 1 fully saturated rings. The van der Waals surface area contributed by atoms with Crippen LogP contribution < -0.4 is 4.90 Å². The maximum atomic E-state index is 10.8. The third kappa shape index (κ3) is 2.57. The fourth-order valence-electron chi connectivity index (χ4n) is 2.41. The highest BCUT2D eigenvalue weighted by Crippen LogP contribution is 2.24. The van der Waals surface area contributed by atoms with Gasteiger partial charge >= 0.3 is 5.97 Å². The van der Waals surface area contributed by atoms with Crippen LogP contribution in [0.4, 0.5) is 5.82 Å². The Morgan fingerprint density at radius 3 is 2.94 bits per heavy atom. The first-order valence-corrected chi connectivity index (χ1v) is 6.18. The molecule has 4 nitrogen and oxygen atoms in total. The average Bonchev–Trinajstić information content (AvgIpc) is 2.39. The average molecular weight is 234 g/mol. The van der Waals surface area contributed by atoms with E-state index in [-0.39, 0.29) is 5.56 Å². The summed E-state index contributed by atoms with van der Waals surface area (Å²) in [6.45, 7) is 3.21. The minimum absolute atomic E-state index is 0.249. The fourth-order valence-corrected chi connectivity index (χ4v) is 2.41. The highest BCUT2D eigenvalue weighted by Gasteiger charge is 2.21. The first-order valence-electron chi connectivity index (χ1n) is 6.18. The van der Waals surface area contributed by atoms with Gasteiger partial charge in [0.2, 0.25) is 0 Å². The van der Waals surface area contributed by atoms with E-state index in [9.17, 15) is 4.79 Å². The predicted molar refractivity (Wildman–Crippen MR) is 66.5 cm³/mol. The van der Waals surface area contributed by atoms with Crippen molar-refractivity contribution in [2.45, 2.75) is 38.6 Å². The Hall–Kier alpha value is -1.58. The lowest BCUT2D eigenvalue weighted by Gasteiger charge is -2.36. The number of piperidine rings is 1. The van der Waals surface area contributed by atoms with Gasteiger partial charge in [-0.2, -0.15) is 0 Å². The van der Waals surface area contributed by atoms with Crippen LogP contribution in [0.5, 0.6) is 0 Å². The molecule has 1 saturated heterocycles. The molecule has 0 bridgehead atoms. The smallest absolute Gasteiger partial charge is 0.337 e. The first kappa shape index (κ1) is 11.9. The Morgan fingerprint density at radius 2 is 2.35 bits per heavy atom. The summed E-state index contributed by atoms with van der Waals surface area (Å²) < 4.78 is 0. The zero-order valence-corrected chi connectivity index (χ0v) is 10.1. The minimum Gasteiger partial charge on any atom is -0.478 e. The number of carboxylic acid groups (broad SMARTS) is 1. The largest absolute Gasteiger partial charge is 0.478 e. The van der Waals surface area contributed by atoms with Gasteiger partial charge in [-0.3, -0.25) is 0 Å². The van der Waals surface area contributed by atoms with Crippen molar-refractivity contribution in [1.29, 1.82) is 0 Å². The minimum atomic E-state index is -0.922. The number of nitrogens with zero attached hydrogens (tertiary/aromatic N) is 2. The number of aromatic nitrogens is 1. The van der Waals surface area contributed by atoms with E-state index in [0.29, 0.717) is 6.04 Å². The van der Waals surface area contributed by atoms with Gasteiger partial charge in [0.05, 0.1) is 5.56 Å². The number of hydrogen-bond acceptors (Lipinski definition) is 3. The number of rotatable bonds is 3. The molecule has 0 amide bonds. The van der Waals surface area contributed by atoms with Gasteiger partial charge < -0.3 is 10.0 Å². The van der Waals surface area contributed by atoms with Crippen molar-refractivity contribution < 1.29 is 9.90 Å². The maximum Gasteiger partial charge on any atom is 0.337 e. The molecule has 0 aromatic carbocycles. The van der Waals surface area contributed by atoms with Crippen molar-refractivity contribution in [3.63, 3.8) is 0 Å². The van der Waals surface area contributed by atoms with Crippen LogP contribution in [0.1, 0.15) is 43.0 Å². The van der Waals surface area contributed by atoms with Gasteiger partial charge in [-0.15, -0.1) is 0 Å². The molecular formula is C13H18N2O2. The number of carboxylic acids is 1. The van der Waals surface area contributed by atoms with Crippen LogP contribution in [-0.2, 0) is 0 Å². The Bertz CT molecular complexity index is 389. The van der Waals surface area contributed by atoms with Crippen LogP contribution in [0, 0.1) is 0 Å². The number of anilines is 1. The summed E-state index contributed by atoms with van der Waals surface area (Å²) in [5.41, 5.74) is 0.249. The molecule has 0 saturated carbocycles. The first-order chi connectivity index (χ1) is 8.22. The van der Waals surface area contributed by atoms with E-state index in [1.807, 2.05) is 6.07 Å². The lowest BCUT2D eigenvalue weighted by atomic mass is 10.00. The highest BCUT2D eigenvalue weighted by molar-refractivity contribution is 5.87. The van der Waals surface area contributed by atoms with E-state index in [1.54, 1.807) is 6.07 Å². The Kier molecular flexibility index (Phi) is 3.61. The monoisotopic (exact) mass is 234 g/mol. The normalized spacial score (nSPS) is 20.3. The molecule has 0 radical (unpaired) electrons. The van der Waals surface area contributed by atoms with Gasteiger partial charge in [0.25, 0.3) is 0 Å². The standard InChI is InChI=1S/C13H18N2O2/c1-2-11-5-3-4-8-15(11)12-7-6-10(9-14-12)13(16)17/h6-7,9,11H,2-5,8H2,1H3,(H,16,17). The number of hydrogen-bond donors (Lipinski definition) is 1. The lowest BCUT2D eigenvalue weighted by molar-refractivity contribution is 0.0696. The highest BCUT2D eigenvalue weighted by atomic mass is 16.4. The van der Waals surface area contributed by atoms with Crippen LogP contribution in [-0.4, -0.2) is 28.6 Å². The van der Waals surface area contributed by atoms with Crippen LogP contribution >= 0.6 is 0 Å². The molecule has 1 unspecified atom stereocenters. The molecule has 1 aliphatic rings. The van der Waals surface area contributed by atoms with Gasteiger partial charge in [-0.25, -0.2) is 9.78 Å². The maximum absolute atomic E-state index is 10.8. The molecule has 2 heterocycles. The Balaban J connectivity index is 2.17. The van der Waals surface area contributed by atoms with Crippen LogP contribution in [0.3, 0.4) is 0 Å². The second-order valence-electron chi connectivity index (χ2n) is 4.46. The van der Waals surface area contributed by atoms with Crippen molar-refractivity contribution in [3.8, 4) is 0 Å². The zero-order chi connectivity index (χ0) is 12.3. The quantitative estimate of drug-likeness (QED) is 0.873. The summed E-state index contributed by atoms with van der Waals surface area (Å²) in [4.78, 5) is 17.3. The second-order valence-corrected chi connectivity index (χ2v) is 4.46. The predicted octanol–water partition coefficient (Wildman–Crippen LogP) is 2.55. The summed E-state index contributed by atoms with van der Waals surface area (Å²) in [6, 6.07) is 4.00. The molecule has 1 atom stereocenters. The van der Waals surface area contributed by atoms with Crippen LogP contribution in [0.15, 0.2) is 18.3 Å². The molecule has 0 aliphatic carbocycles. The van der Waals surface area contributed by atoms with E-state index >= 15 is 0 Å². The van der Waals surface area contributed by atoms with Crippen molar-refractivity contribution >= 4 is 11.8 Å². The topological polar surface area (TPSA) is 53.4 Å². The molecule has 4 heteroatoms. The molecular weight excluding hydrogens is 216 g/mol. The Morgan fingerprint density at radius 1 is 1.53 bits per heavy atom. The van der Waals surface area contributed by atoms with E-state index in [4.69, 9.17) is 5.11 Å². The van der Waals surface area contributed by atoms with E-state index in [2.05, 4.69) is 16.8 Å². The van der Waals surface area contributed by atoms with E-state index < -0.39 is 5.97 Å². The molecule has 1 aromatic rings. The summed E-state index contributed by atoms with van der Waals surface area (Å²) in [7, 11) is 0. The van der Waals surface area contributed by atoms with E-state index in [1.165, 1.54) is 25.5 Å². The zero-order valence-electron chi connectivity index (χ0n) is 10.1. The van der Waals surface area contributed by atoms with Gasteiger partial charge in [0, 0.05) is 18.8 Å². The summed E-state index contributed by atoms with van der Waals surface area (Å²) in [5, 5.41) is 8.83. The molecule has 0 spiro atoms. The lowest BCUT2D eigenvalue weighted by Crippen LogP contribution is -2.39.